The molecular weight excluding hydrogens is 301 g/mol. The van der Waals surface area contributed by atoms with Crippen LogP contribution in [0.3, 0.4) is 0 Å². The first-order valence-electron chi connectivity index (χ1n) is 6.08. The highest BCUT2D eigenvalue weighted by atomic mass is 35.5. The molecule has 1 aromatic carbocycles. The van der Waals surface area contributed by atoms with E-state index in [1.165, 1.54) is 12.1 Å². The summed E-state index contributed by atoms with van der Waals surface area (Å²) in [7, 11) is 0. The number of halogens is 2. The van der Waals surface area contributed by atoms with Gasteiger partial charge in [0.15, 0.2) is 0 Å². The number of carbonyl (C=O) groups excluding carboxylic acids is 2. The fourth-order valence-corrected chi connectivity index (χ4v) is 1.95. The standard InChI is InChI=1S/C13H17Cl2N3O2/c1-6(2)17-12(19)7(3)18-13(20)9-4-8(16)5-10(14)11(9)15/h4-7H,16H2,1-3H3,(H,17,19)(H,18,20). The number of nitrogens with one attached hydrogen (secondary N) is 2. The first-order chi connectivity index (χ1) is 9.22. The van der Waals surface area contributed by atoms with Crippen LogP contribution >= 0.6 is 23.2 Å². The van der Waals surface area contributed by atoms with E-state index in [0.717, 1.165) is 0 Å². The van der Waals surface area contributed by atoms with E-state index >= 15 is 0 Å². The maximum atomic E-state index is 12.1. The van der Waals surface area contributed by atoms with Crippen molar-refractivity contribution in [3.05, 3.63) is 27.7 Å². The van der Waals surface area contributed by atoms with Crippen molar-refractivity contribution in [2.24, 2.45) is 0 Å². The smallest absolute Gasteiger partial charge is 0.253 e. The zero-order valence-electron chi connectivity index (χ0n) is 11.5. The van der Waals surface area contributed by atoms with Gasteiger partial charge in [0.05, 0.1) is 15.6 Å². The Labute approximate surface area is 127 Å². The molecular formula is C13H17Cl2N3O2. The first-order valence-corrected chi connectivity index (χ1v) is 6.83. The molecule has 7 heteroatoms. The van der Waals surface area contributed by atoms with Gasteiger partial charge in [-0.3, -0.25) is 9.59 Å². The molecule has 0 spiro atoms. The summed E-state index contributed by atoms with van der Waals surface area (Å²) in [5.41, 5.74) is 6.08. The van der Waals surface area contributed by atoms with Crippen LogP contribution in [-0.2, 0) is 4.79 Å². The van der Waals surface area contributed by atoms with Crippen molar-refractivity contribution < 1.29 is 9.59 Å². The van der Waals surface area contributed by atoms with Gasteiger partial charge in [0.25, 0.3) is 5.91 Å². The monoisotopic (exact) mass is 317 g/mol. The summed E-state index contributed by atoms with van der Waals surface area (Å²) in [6.07, 6.45) is 0. The second-order valence-corrected chi connectivity index (χ2v) is 5.51. The molecule has 1 aromatic rings. The number of hydrogen-bond acceptors (Lipinski definition) is 3. The largest absolute Gasteiger partial charge is 0.399 e. The molecule has 0 radical (unpaired) electrons. The molecule has 0 aliphatic carbocycles. The average Bonchev–Trinajstić information content (AvgIpc) is 2.32. The Morgan fingerprint density at radius 2 is 1.75 bits per heavy atom. The molecule has 20 heavy (non-hydrogen) atoms. The maximum Gasteiger partial charge on any atom is 0.253 e. The van der Waals surface area contributed by atoms with E-state index in [2.05, 4.69) is 10.6 Å². The summed E-state index contributed by atoms with van der Waals surface area (Å²) >= 11 is 11.8. The van der Waals surface area contributed by atoms with E-state index < -0.39 is 11.9 Å². The van der Waals surface area contributed by atoms with Crippen molar-refractivity contribution in [3.8, 4) is 0 Å². The molecule has 0 aromatic heterocycles. The molecule has 4 N–H and O–H groups in total. The molecule has 1 atom stereocenters. The van der Waals surface area contributed by atoms with Crippen LogP contribution in [0, 0.1) is 0 Å². The number of rotatable bonds is 4. The van der Waals surface area contributed by atoms with Gasteiger partial charge in [0.2, 0.25) is 5.91 Å². The molecule has 0 aliphatic rings. The van der Waals surface area contributed by atoms with E-state index in [1.54, 1.807) is 6.92 Å². The lowest BCUT2D eigenvalue weighted by atomic mass is 10.1. The summed E-state index contributed by atoms with van der Waals surface area (Å²) in [5.74, 6) is -0.782. The molecule has 0 saturated heterocycles. The van der Waals surface area contributed by atoms with Crippen molar-refractivity contribution in [1.29, 1.82) is 0 Å². The zero-order chi connectivity index (χ0) is 15.4. The summed E-state index contributed by atoms with van der Waals surface area (Å²) in [5, 5.41) is 5.54. The highest BCUT2D eigenvalue weighted by molar-refractivity contribution is 6.44. The molecule has 0 saturated carbocycles. The number of anilines is 1. The van der Waals surface area contributed by atoms with Crippen LogP contribution in [0.4, 0.5) is 5.69 Å². The number of amides is 2. The molecule has 2 amide bonds. The molecule has 110 valence electrons. The van der Waals surface area contributed by atoms with E-state index in [1.807, 2.05) is 13.8 Å². The number of hydrogen-bond donors (Lipinski definition) is 3. The zero-order valence-corrected chi connectivity index (χ0v) is 13.0. The second kappa shape index (κ2) is 6.81. The molecule has 0 aliphatic heterocycles. The predicted octanol–water partition coefficient (Wildman–Crippen LogP) is 2.22. The lowest BCUT2D eigenvalue weighted by Gasteiger charge is -2.16. The van der Waals surface area contributed by atoms with Crippen molar-refractivity contribution >= 4 is 40.7 Å². The Morgan fingerprint density at radius 3 is 2.30 bits per heavy atom. The van der Waals surface area contributed by atoms with Gasteiger partial charge in [-0.2, -0.15) is 0 Å². The maximum absolute atomic E-state index is 12.1. The van der Waals surface area contributed by atoms with E-state index in [4.69, 9.17) is 28.9 Å². The van der Waals surface area contributed by atoms with Crippen LogP contribution in [0.25, 0.3) is 0 Å². The summed E-state index contributed by atoms with van der Waals surface area (Å²) in [6.45, 7) is 5.25. The van der Waals surface area contributed by atoms with Crippen LogP contribution in [-0.4, -0.2) is 23.9 Å². The normalized spacial score (nSPS) is 12.1. The molecule has 0 bridgehead atoms. The Balaban J connectivity index is 2.84. The number of benzene rings is 1. The highest BCUT2D eigenvalue weighted by Crippen LogP contribution is 2.28. The molecule has 1 rings (SSSR count). The van der Waals surface area contributed by atoms with E-state index in [0.29, 0.717) is 5.69 Å². The van der Waals surface area contributed by atoms with Gasteiger partial charge in [0, 0.05) is 11.7 Å². The minimum absolute atomic E-state index is 0.00717. The topological polar surface area (TPSA) is 84.2 Å². The number of nitrogen functional groups attached to an aromatic ring is 1. The SMILES string of the molecule is CC(C)NC(=O)C(C)NC(=O)c1cc(N)cc(Cl)c1Cl. The molecule has 0 fully saturated rings. The minimum atomic E-state index is -0.693. The van der Waals surface area contributed by atoms with Gasteiger partial charge in [-0.05, 0) is 32.9 Å². The van der Waals surface area contributed by atoms with E-state index in [9.17, 15) is 9.59 Å². The molecule has 5 nitrogen and oxygen atoms in total. The summed E-state index contributed by atoms with van der Waals surface area (Å²) in [4.78, 5) is 23.8. The number of nitrogens with two attached hydrogens (primary N) is 1. The predicted molar refractivity (Wildman–Crippen MR) is 81.1 cm³/mol. The van der Waals surface area contributed by atoms with Crippen LogP contribution in [0.2, 0.25) is 10.0 Å². The molecule has 1 unspecified atom stereocenters. The van der Waals surface area contributed by atoms with Gasteiger partial charge in [0.1, 0.15) is 6.04 Å². The minimum Gasteiger partial charge on any atom is -0.399 e. The third-order valence-corrected chi connectivity index (χ3v) is 3.27. The Kier molecular flexibility index (Phi) is 5.65. The van der Waals surface area contributed by atoms with Gasteiger partial charge in [-0.25, -0.2) is 0 Å². The fourth-order valence-electron chi connectivity index (χ4n) is 1.52. The van der Waals surface area contributed by atoms with Crippen LogP contribution in [0.5, 0.6) is 0 Å². The average molecular weight is 318 g/mol. The lowest BCUT2D eigenvalue weighted by Crippen LogP contribution is -2.46. The second-order valence-electron chi connectivity index (χ2n) is 4.72. The molecule has 0 heterocycles. The number of carbonyl (C=O) groups is 2. The summed E-state index contributed by atoms with van der Waals surface area (Å²) in [6, 6.07) is 2.17. The van der Waals surface area contributed by atoms with Gasteiger partial charge < -0.3 is 16.4 Å². The van der Waals surface area contributed by atoms with Crippen molar-refractivity contribution in [1.82, 2.24) is 10.6 Å². The first kappa shape index (κ1) is 16.6. The van der Waals surface area contributed by atoms with Crippen LogP contribution < -0.4 is 16.4 Å². The van der Waals surface area contributed by atoms with Gasteiger partial charge in [-0.1, -0.05) is 23.2 Å². The Bertz CT molecular complexity index is 533. The third kappa shape index (κ3) is 4.28. The third-order valence-electron chi connectivity index (χ3n) is 2.47. The summed E-state index contributed by atoms with van der Waals surface area (Å²) < 4.78 is 0. The van der Waals surface area contributed by atoms with Crippen molar-refractivity contribution in [2.45, 2.75) is 32.9 Å². The highest BCUT2D eigenvalue weighted by Gasteiger charge is 2.20. The van der Waals surface area contributed by atoms with Gasteiger partial charge in [-0.15, -0.1) is 0 Å². The van der Waals surface area contributed by atoms with E-state index in [-0.39, 0.29) is 27.6 Å². The Hall–Kier alpha value is -1.46. The quantitative estimate of drug-likeness (QED) is 0.744. The lowest BCUT2D eigenvalue weighted by molar-refractivity contribution is -0.123. The van der Waals surface area contributed by atoms with Crippen LogP contribution in [0.1, 0.15) is 31.1 Å². The van der Waals surface area contributed by atoms with Crippen molar-refractivity contribution in [2.75, 3.05) is 5.73 Å². The van der Waals surface area contributed by atoms with Crippen molar-refractivity contribution in [3.63, 3.8) is 0 Å². The van der Waals surface area contributed by atoms with Gasteiger partial charge >= 0.3 is 0 Å². The Morgan fingerprint density at radius 1 is 1.15 bits per heavy atom. The fraction of sp³-hybridized carbons (Fsp3) is 0.385. The van der Waals surface area contributed by atoms with Crippen LogP contribution in [0.15, 0.2) is 12.1 Å².